The zero-order chi connectivity index (χ0) is 20.4. The molecule has 0 N–H and O–H groups in total. The molecule has 3 rings (SSSR count). The third-order valence-corrected chi connectivity index (χ3v) is 4.65. The molecule has 2 heterocycles. The van der Waals surface area contributed by atoms with Gasteiger partial charge in [-0.25, -0.2) is 13.6 Å². The van der Waals surface area contributed by atoms with E-state index in [9.17, 15) is 18.4 Å². The van der Waals surface area contributed by atoms with Crippen molar-refractivity contribution in [3.63, 3.8) is 0 Å². The number of Topliss-reactive ketones (excluding diaryl/α,β-unsaturated/α-hetero) is 1. The predicted molar refractivity (Wildman–Crippen MR) is 97.7 cm³/mol. The van der Waals surface area contributed by atoms with Crippen molar-refractivity contribution in [2.24, 2.45) is 0 Å². The van der Waals surface area contributed by atoms with Crippen molar-refractivity contribution in [3.05, 3.63) is 81.5 Å². The third kappa shape index (κ3) is 3.99. The van der Waals surface area contributed by atoms with E-state index >= 15 is 0 Å². The summed E-state index contributed by atoms with van der Waals surface area (Å²) in [6.07, 6.45) is 1.57. The van der Waals surface area contributed by atoms with Crippen molar-refractivity contribution in [2.75, 3.05) is 6.61 Å². The van der Waals surface area contributed by atoms with E-state index in [0.717, 1.165) is 11.5 Å². The molecule has 8 heteroatoms. The van der Waals surface area contributed by atoms with Gasteiger partial charge in [0, 0.05) is 17.0 Å². The lowest BCUT2D eigenvalue weighted by molar-refractivity contribution is 0.0474. The van der Waals surface area contributed by atoms with Crippen LogP contribution in [0.4, 0.5) is 8.78 Å². The Morgan fingerprint density at radius 2 is 1.86 bits per heavy atom. The van der Waals surface area contributed by atoms with Gasteiger partial charge in [0.05, 0.1) is 23.4 Å². The number of hydrogen-bond donors (Lipinski definition) is 0. The number of carbonyl (C=O) groups excluding carboxylic acids is 2. The molecule has 0 aliphatic rings. The first kappa shape index (κ1) is 19.8. The van der Waals surface area contributed by atoms with Crippen LogP contribution in [0.25, 0.3) is 0 Å². The van der Waals surface area contributed by atoms with Gasteiger partial charge in [0.25, 0.3) is 0 Å². The van der Waals surface area contributed by atoms with Gasteiger partial charge < -0.3 is 13.7 Å². The molecule has 0 unspecified atom stereocenters. The van der Waals surface area contributed by atoms with Gasteiger partial charge in [-0.3, -0.25) is 4.79 Å². The maximum atomic E-state index is 13.3. The van der Waals surface area contributed by atoms with E-state index in [1.807, 2.05) is 17.6 Å². The molecule has 0 saturated carbocycles. The first-order chi connectivity index (χ1) is 13.3. The summed E-state index contributed by atoms with van der Waals surface area (Å²) in [7, 11) is 0. The van der Waals surface area contributed by atoms with Crippen molar-refractivity contribution in [3.8, 4) is 0 Å². The lowest BCUT2D eigenvalue weighted by Gasteiger charge is -2.08. The van der Waals surface area contributed by atoms with Crippen LogP contribution in [0.5, 0.6) is 0 Å². The minimum absolute atomic E-state index is 0.298. The van der Waals surface area contributed by atoms with Crippen molar-refractivity contribution in [2.45, 2.75) is 20.4 Å². The molecule has 146 valence electrons. The van der Waals surface area contributed by atoms with Crippen molar-refractivity contribution >= 4 is 23.4 Å². The van der Waals surface area contributed by atoms with E-state index in [2.05, 4.69) is 0 Å². The SMILES string of the molecule is Cc1cc(C(=O)COC(=O)c2cc(F)c(F)cc2Cl)c(C)n1Cc1ccco1. The smallest absolute Gasteiger partial charge is 0.340 e. The minimum atomic E-state index is -1.23. The van der Waals surface area contributed by atoms with Crippen molar-refractivity contribution in [1.29, 1.82) is 0 Å². The molecule has 0 aliphatic carbocycles. The molecule has 28 heavy (non-hydrogen) atoms. The van der Waals surface area contributed by atoms with Gasteiger partial charge in [0.1, 0.15) is 5.76 Å². The summed E-state index contributed by atoms with van der Waals surface area (Å²) in [6, 6.07) is 6.61. The first-order valence-corrected chi connectivity index (χ1v) is 8.69. The van der Waals surface area contributed by atoms with Crippen LogP contribution in [0.3, 0.4) is 0 Å². The number of halogens is 3. The molecule has 0 atom stereocenters. The van der Waals surface area contributed by atoms with Gasteiger partial charge in [-0.15, -0.1) is 0 Å². The zero-order valence-electron chi connectivity index (χ0n) is 15.1. The van der Waals surface area contributed by atoms with E-state index in [4.69, 9.17) is 20.8 Å². The quantitative estimate of drug-likeness (QED) is 0.337. The van der Waals surface area contributed by atoms with E-state index in [-0.39, 0.29) is 10.6 Å². The number of ether oxygens (including phenoxy) is 1. The lowest BCUT2D eigenvalue weighted by Crippen LogP contribution is -2.16. The summed E-state index contributed by atoms with van der Waals surface area (Å²) in [5.41, 5.74) is 1.58. The molecule has 3 aromatic rings. The van der Waals surface area contributed by atoms with Crippen LogP contribution in [-0.2, 0) is 11.3 Å². The monoisotopic (exact) mass is 407 g/mol. The number of carbonyl (C=O) groups is 2. The number of aryl methyl sites for hydroxylation is 1. The largest absolute Gasteiger partial charge is 0.467 e. The molecule has 0 saturated heterocycles. The third-order valence-electron chi connectivity index (χ3n) is 4.33. The van der Waals surface area contributed by atoms with Crippen molar-refractivity contribution in [1.82, 2.24) is 4.57 Å². The van der Waals surface area contributed by atoms with Gasteiger partial charge in [0.15, 0.2) is 18.2 Å². The molecule has 2 aromatic heterocycles. The van der Waals surface area contributed by atoms with Gasteiger partial charge >= 0.3 is 5.97 Å². The molecule has 0 fully saturated rings. The summed E-state index contributed by atoms with van der Waals surface area (Å²) in [5.74, 6) is -3.11. The van der Waals surface area contributed by atoms with Gasteiger partial charge in [-0.05, 0) is 44.2 Å². The second-order valence-electron chi connectivity index (χ2n) is 6.20. The Labute approximate surface area is 164 Å². The van der Waals surface area contributed by atoms with Crippen LogP contribution in [0.2, 0.25) is 5.02 Å². The van der Waals surface area contributed by atoms with Crippen LogP contribution in [0.15, 0.2) is 41.0 Å². The average Bonchev–Trinajstić information content (AvgIpc) is 3.26. The summed E-state index contributed by atoms with van der Waals surface area (Å²) in [6.45, 7) is 3.53. The van der Waals surface area contributed by atoms with Crippen LogP contribution in [0, 0.1) is 25.5 Å². The van der Waals surface area contributed by atoms with Crippen LogP contribution in [-0.4, -0.2) is 22.9 Å². The Bertz CT molecular complexity index is 1040. The standard InChI is InChI=1S/C20H16ClF2NO4/c1-11-6-14(12(2)24(11)9-13-4-3-5-27-13)19(25)10-28-20(26)15-7-17(22)18(23)8-16(15)21/h3-8H,9-10H2,1-2H3. The summed E-state index contributed by atoms with van der Waals surface area (Å²) in [5, 5.41) is -0.298. The van der Waals surface area contributed by atoms with Crippen LogP contribution in [0.1, 0.15) is 37.9 Å². The molecular weight excluding hydrogens is 392 g/mol. The summed E-state index contributed by atoms with van der Waals surface area (Å²) in [4.78, 5) is 24.6. The number of hydrogen-bond acceptors (Lipinski definition) is 4. The second-order valence-corrected chi connectivity index (χ2v) is 6.60. The molecule has 0 radical (unpaired) electrons. The minimum Gasteiger partial charge on any atom is -0.467 e. The molecule has 1 aromatic carbocycles. The van der Waals surface area contributed by atoms with Gasteiger partial charge in [-0.1, -0.05) is 11.6 Å². The first-order valence-electron chi connectivity index (χ1n) is 8.32. The highest BCUT2D eigenvalue weighted by Gasteiger charge is 2.20. The van der Waals surface area contributed by atoms with E-state index in [1.165, 1.54) is 0 Å². The van der Waals surface area contributed by atoms with E-state index in [0.29, 0.717) is 29.9 Å². The van der Waals surface area contributed by atoms with Gasteiger partial charge in [0.2, 0.25) is 5.78 Å². The summed E-state index contributed by atoms with van der Waals surface area (Å²) < 4.78 is 38.6. The molecule has 0 amide bonds. The van der Waals surface area contributed by atoms with E-state index in [1.54, 1.807) is 25.3 Å². The number of furan rings is 1. The maximum absolute atomic E-state index is 13.3. The second kappa shape index (κ2) is 7.98. The normalized spacial score (nSPS) is 10.9. The summed E-state index contributed by atoms with van der Waals surface area (Å²) >= 11 is 5.74. The number of nitrogens with zero attached hydrogens (tertiary/aromatic N) is 1. The predicted octanol–water partition coefficient (Wildman–Crippen LogP) is 4.72. The van der Waals surface area contributed by atoms with Crippen molar-refractivity contribution < 1.29 is 27.5 Å². The topological polar surface area (TPSA) is 61.4 Å². The number of esters is 1. The van der Waals surface area contributed by atoms with E-state index < -0.39 is 30.0 Å². The molecule has 0 spiro atoms. The Hall–Kier alpha value is -2.93. The lowest BCUT2D eigenvalue weighted by atomic mass is 10.1. The van der Waals surface area contributed by atoms with Crippen LogP contribution >= 0.6 is 11.6 Å². The molecule has 5 nitrogen and oxygen atoms in total. The average molecular weight is 408 g/mol. The highest BCUT2D eigenvalue weighted by atomic mass is 35.5. The Kier molecular flexibility index (Phi) is 5.65. The molecule has 0 bridgehead atoms. The fourth-order valence-corrected chi connectivity index (χ4v) is 3.08. The molecule has 0 aliphatic heterocycles. The maximum Gasteiger partial charge on any atom is 0.340 e. The fourth-order valence-electron chi connectivity index (χ4n) is 2.85. The number of benzene rings is 1. The zero-order valence-corrected chi connectivity index (χ0v) is 15.8. The Balaban J connectivity index is 1.72. The Morgan fingerprint density at radius 3 is 2.54 bits per heavy atom. The van der Waals surface area contributed by atoms with Crippen LogP contribution < -0.4 is 0 Å². The molecular formula is C20H16ClF2NO4. The van der Waals surface area contributed by atoms with Gasteiger partial charge in [-0.2, -0.15) is 0 Å². The highest BCUT2D eigenvalue weighted by Crippen LogP contribution is 2.22. The number of rotatable bonds is 6. The fraction of sp³-hybridized carbons (Fsp3) is 0.200. The Morgan fingerprint density at radius 1 is 1.14 bits per heavy atom. The highest BCUT2D eigenvalue weighted by molar-refractivity contribution is 6.33. The number of aromatic nitrogens is 1. The number of ketones is 1.